The first-order chi connectivity index (χ1) is 7.99. The Kier molecular flexibility index (Phi) is 2.75. The van der Waals surface area contributed by atoms with Gasteiger partial charge in [0.2, 0.25) is 11.9 Å². The lowest BCUT2D eigenvalue weighted by Crippen LogP contribution is -2.37. The van der Waals surface area contributed by atoms with Gasteiger partial charge in [0.15, 0.2) is 0 Å². The third-order valence-corrected chi connectivity index (χ3v) is 2.75. The van der Waals surface area contributed by atoms with E-state index < -0.39 is 5.41 Å². The van der Waals surface area contributed by atoms with Crippen LogP contribution in [0.4, 0.5) is 5.95 Å². The van der Waals surface area contributed by atoms with Crippen LogP contribution >= 0.6 is 0 Å². The number of primary amides is 1. The maximum atomic E-state index is 11.2. The van der Waals surface area contributed by atoms with Crippen LogP contribution in [0, 0.1) is 5.41 Å². The predicted octanol–water partition coefficient (Wildman–Crippen LogP) is 1.49. The van der Waals surface area contributed by atoms with Crippen LogP contribution < -0.4 is 11.1 Å². The molecule has 0 radical (unpaired) electrons. The maximum Gasteiger partial charge on any atom is 0.224 e. The number of nitrogens with zero attached hydrogens (tertiary/aromatic N) is 1. The van der Waals surface area contributed by atoms with Crippen molar-refractivity contribution in [2.45, 2.75) is 13.8 Å². The third kappa shape index (κ3) is 2.38. The van der Waals surface area contributed by atoms with Gasteiger partial charge in [0.1, 0.15) is 0 Å². The van der Waals surface area contributed by atoms with Gasteiger partial charge in [0.25, 0.3) is 0 Å². The summed E-state index contributed by atoms with van der Waals surface area (Å²) in [4.78, 5) is 18.7. The minimum atomic E-state index is -0.598. The second-order valence-electron chi connectivity index (χ2n) is 4.70. The van der Waals surface area contributed by atoms with E-state index in [1.54, 1.807) is 13.8 Å². The molecule has 5 heteroatoms. The molecule has 0 bridgehead atoms. The summed E-state index contributed by atoms with van der Waals surface area (Å²) >= 11 is 0. The first-order valence-corrected chi connectivity index (χ1v) is 5.47. The SMILES string of the molecule is CC(C)(CNc1nc2ccccc2[nH]1)C(N)=O. The fourth-order valence-electron chi connectivity index (χ4n) is 1.43. The molecule has 90 valence electrons. The zero-order chi connectivity index (χ0) is 12.5. The number of benzene rings is 1. The zero-order valence-corrected chi connectivity index (χ0v) is 9.95. The van der Waals surface area contributed by atoms with E-state index in [0.717, 1.165) is 11.0 Å². The van der Waals surface area contributed by atoms with Gasteiger partial charge < -0.3 is 16.0 Å². The summed E-state index contributed by atoms with van der Waals surface area (Å²) in [5.41, 5.74) is 6.56. The number of H-pyrrole nitrogens is 1. The second-order valence-corrected chi connectivity index (χ2v) is 4.70. The minimum Gasteiger partial charge on any atom is -0.369 e. The summed E-state index contributed by atoms with van der Waals surface area (Å²) in [7, 11) is 0. The van der Waals surface area contributed by atoms with E-state index >= 15 is 0 Å². The normalized spacial score (nSPS) is 11.6. The van der Waals surface area contributed by atoms with Crippen molar-refractivity contribution in [2.75, 3.05) is 11.9 Å². The fourth-order valence-corrected chi connectivity index (χ4v) is 1.43. The molecule has 0 aliphatic rings. The summed E-state index contributed by atoms with van der Waals surface area (Å²) in [6.07, 6.45) is 0. The number of aromatic nitrogens is 2. The molecule has 1 heterocycles. The smallest absolute Gasteiger partial charge is 0.224 e. The Labute approximate surface area is 99.4 Å². The van der Waals surface area contributed by atoms with E-state index in [2.05, 4.69) is 15.3 Å². The lowest BCUT2D eigenvalue weighted by atomic mass is 9.93. The molecule has 0 aliphatic heterocycles. The van der Waals surface area contributed by atoms with Crippen LogP contribution in [0.25, 0.3) is 11.0 Å². The van der Waals surface area contributed by atoms with E-state index in [-0.39, 0.29) is 5.91 Å². The van der Waals surface area contributed by atoms with Crippen LogP contribution in [-0.2, 0) is 4.79 Å². The highest BCUT2D eigenvalue weighted by Crippen LogP contribution is 2.17. The largest absolute Gasteiger partial charge is 0.369 e. The standard InChI is InChI=1S/C12H16N4O/c1-12(2,10(13)17)7-14-11-15-8-5-3-4-6-9(8)16-11/h3-6H,7H2,1-2H3,(H2,13,17)(H2,14,15,16). The summed E-state index contributed by atoms with van der Waals surface area (Å²) < 4.78 is 0. The molecule has 2 aromatic rings. The molecule has 1 aromatic heterocycles. The molecule has 0 spiro atoms. The molecule has 0 saturated heterocycles. The van der Waals surface area contributed by atoms with Gasteiger partial charge in [-0.25, -0.2) is 4.98 Å². The number of amides is 1. The number of aromatic amines is 1. The minimum absolute atomic E-state index is 0.332. The average molecular weight is 232 g/mol. The van der Waals surface area contributed by atoms with E-state index in [4.69, 9.17) is 5.73 Å². The van der Waals surface area contributed by atoms with Gasteiger partial charge in [-0.1, -0.05) is 12.1 Å². The number of carbonyl (C=O) groups excluding carboxylic acids is 1. The Morgan fingerprint density at radius 3 is 2.82 bits per heavy atom. The maximum absolute atomic E-state index is 11.2. The van der Waals surface area contributed by atoms with Gasteiger partial charge in [-0.05, 0) is 26.0 Å². The Morgan fingerprint density at radius 2 is 2.18 bits per heavy atom. The van der Waals surface area contributed by atoms with Gasteiger partial charge in [-0.2, -0.15) is 0 Å². The van der Waals surface area contributed by atoms with Crippen molar-refractivity contribution in [3.05, 3.63) is 24.3 Å². The van der Waals surface area contributed by atoms with E-state index in [9.17, 15) is 4.79 Å². The summed E-state index contributed by atoms with van der Waals surface area (Å²) in [6, 6.07) is 7.75. The highest BCUT2D eigenvalue weighted by atomic mass is 16.1. The molecule has 2 rings (SSSR count). The van der Waals surface area contributed by atoms with Crippen molar-refractivity contribution in [3.8, 4) is 0 Å². The number of hydrogen-bond acceptors (Lipinski definition) is 3. The Hall–Kier alpha value is -2.04. The lowest BCUT2D eigenvalue weighted by Gasteiger charge is -2.20. The number of imidazole rings is 1. The highest BCUT2D eigenvalue weighted by molar-refractivity contribution is 5.81. The molecule has 1 aromatic carbocycles. The van der Waals surface area contributed by atoms with Crippen LogP contribution in [0.3, 0.4) is 0 Å². The van der Waals surface area contributed by atoms with Crippen LogP contribution in [0.15, 0.2) is 24.3 Å². The van der Waals surface area contributed by atoms with Crippen LogP contribution in [0.2, 0.25) is 0 Å². The summed E-state index contributed by atoms with van der Waals surface area (Å²) in [5, 5.41) is 3.09. The Balaban J connectivity index is 2.12. The molecule has 0 unspecified atom stereocenters. The van der Waals surface area contributed by atoms with Gasteiger partial charge >= 0.3 is 0 Å². The molecule has 0 atom stereocenters. The zero-order valence-electron chi connectivity index (χ0n) is 9.95. The first kappa shape index (κ1) is 11.4. The number of anilines is 1. The van der Waals surface area contributed by atoms with Gasteiger partial charge in [-0.15, -0.1) is 0 Å². The topological polar surface area (TPSA) is 83.8 Å². The molecule has 4 N–H and O–H groups in total. The van der Waals surface area contributed by atoms with E-state index in [1.165, 1.54) is 0 Å². The Bertz CT molecular complexity index is 511. The van der Waals surface area contributed by atoms with Gasteiger partial charge in [0, 0.05) is 6.54 Å². The molecular weight excluding hydrogens is 216 g/mol. The fraction of sp³-hybridized carbons (Fsp3) is 0.333. The van der Waals surface area contributed by atoms with Crippen LogP contribution in [-0.4, -0.2) is 22.4 Å². The quantitative estimate of drug-likeness (QED) is 0.746. The van der Waals surface area contributed by atoms with Crippen molar-refractivity contribution in [2.24, 2.45) is 11.1 Å². The monoisotopic (exact) mass is 232 g/mol. The van der Waals surface area contributed by atoms with Crippen molar-refractivity contribution in [1.29, 1.82) is 0 Å². The van der Waals surface area contributed by atoms with Crippen LogP contribution in [0.1, 0.15) is 13.8 Å². The molecule has 0 aliphatic carbocycles. The highest BCUT2D eigenvalue weighted by Gasteiger charge is 2.24. The molecule has 0 fully saturated rings. The molecule has 5 nitrogen and oxygen atoms in total. The molecular formula is C12H16N4O. The molecule has 0 saturated carbocycles. The number of rotatable bonds is 4. The number of nitrogens with two attached hydrogens (primary N) is 1. The number of para-hydroxylation sites is 2. The average Bonchev–Trinajstić information content (AvgIpc) is 2.69. The number of nitrogens with one attached hydrogen (secondary N) is 2. The van der Waals surface area contributed by atoms with Crippen molar-refractivity contribution in [1.82, 2.24) is 9.97 Å². The number of hydrogen-bond donors (Lipinski definition) is 3. The number of fused-ring (bicyclic) bond motifs is 1. The van der Waals surface area contributed by atoms with E-state index in [0.29, 0.717) is 12.5 Å². The number of carbonyl (C=O) groups is 1. The van der Waals surface area contributed by atoms with Crippen molar-refractivity contribution < 1.29 is 4.79 Å². The van der Waals surface area contributed by atoms with Crippen LogP contribution in [0.5, 0.6) is 0 Å². The van der Waals surface area contributed by atoms with Crippen molar-refractivity contribution >= 4 is 22.9 Å². The van der Waals surface area contributed by atoms with Gasteiger partial charge in [0.05, 0.1) is 16.4 Å². The molecule has 17 heavy (non-hydrogen) atoms. The second kappa shape index (κ2) is 4.08. The first-order valence-electron chi connectivity index (χ1n) is 5.47. The summed E-state index contributed by atoms with van der Waals surface area (Å²) in [5.74, 6) is 0.321. The lowest BCUT2D eigenvalue weighted by molar-refractivity contribution is -0.125. The van der Waals surface area contributed by atoms with Gasteiger partial charge in [-0.3, -0.25) is 4.79 Å². The predicted molar refractivity (Wildman–Crippen MR) is 67.6 cm³/mol. The van der Waals surface area contributed by atoms with E-state index in [1.807, 2.05) is 24.3 Å². The summed E-state index contributed by atoms with van der Waals surface area (Å²) in [6.45, 7) is 4.04. The van der Waals surface area contributed by atoms with Crippen molar-refractivity contribution in [3.63, 3.8) is 0 Å². The third-order valence-electron chi connectivity index (χ3n) is 2.75. The molecule has 1 amide bonds. The Morgan fingerprint density at radius 1 is 1.47 bits per heavy atom.